The largest absolute Gasteiger partial charge is 0.491 e. The maximum absolute atomic E-state index is 8.67. The van der Waals surface area contributed by atoms with Crippen molar-refractivity contribution in [2.75, 3.05) is 14.2 Å². The van der Waals surface area contributed by atoms with Crippen LogP contribution in [-0.2, 0) is 0 Å². The number of methoxy groups -OCH3 is 2. The van der Waals surface area contributed by atoms with Gasteiger partial charge in [-0.2, -0.15) is 5.26 Å². The van der Waals surface area contributed by atoms with Crippen LogP contribution in [0.2, 0.25) is 5.02 Å². The molecule has 0 spiro atoms. The molecule has 0 aliphatic rings. The lowest BCUT2D eigenvalue weighted by Crippen LogP contribution is -1.96. The lowest BCUT2D eigenvalue weighted by atomic mass is 10.3. The summed E-state index contributed by atoms with van der Waals surface area (Å²) in [5.41, 5.74) is 0.156. The van der Waals surface area contributed by atoms with Crippen molar-refractivity contribution in [3.63, 3.8) is 0 Å². The average Bonchev–Trinajstić information content (AvgIpc) is 2.17. The standard InChI is InChI=1S/C8H7ClN2O2/c1-12-7-5(9)4-11-6(3-10)8(7)13-2/h4H,1-2H3. The van der Waals surface area contributed by atoms with Crippen LogP contribution in [-0.4, -0.2) is 19.2 Å². The first-order valence-electron chi connectivity index (χ1n) is 3.41. The van der Waals surface area contributed by atoms with Crippen LogP contribution in [0.25, 0.3) is 0 Å². The molecule has 13 heavy (non-hydrogen) atoms. The molecule has 0 radical (unpaired) electrons. The van der Waals surface area contributed by atoms with Crippen molar-refractivity contribution in [2.24, 2.45) is 0 Å². The number of pyridine rings is 1. The molecule has 1 aromatic rings. The number of aromatic nitrogens is 1. The molecule has 1 rings (SSSR count). The third kappa shape index (κ3) is 1.65. The molecule has 0 fully saturated rings. The molecular weight excluding hydrogens is 192 g/mol. The third-order valence-electron chi connectivity index (χ3n) is 1.46. The zero-order chi connectivity index (χ0) is 9.84. The van der Waals surface area contributed by atoms with Crippen LogP contribution in [0, 0.1) is 11.3 Å². The summed E-state index contributed by atoms with van der Waals surface area (Å²) >= 11 is 5.76. The second-order valence-corrected chi connectivity index (χ2v) is 2.54. The van der Waals surface area contributed by atoms with Gasteiger partial charge in [0.25, 0.3) is 0 Å². The number of halogens is 1. The molecule has 0 bridgehead atoms. The van der Waals surface area contributed by atoms with Crippen LogP contribution in [0.1, 0.15) is 5.69 Å². The molecule has 1 heterocycles. The molecule has 0 amide bonds. The Bertz CT molecular complexity index is 360. The van der Waals surface area contributed by atoms with Crippen LogP contribution in [0.15, 0.2) is 6.20 Å². The first kappa shape index (κ1) is 9.62. The number of nitriles is 1. The Kier molecular flexibility index (Phi) is 2.93. The van der Waals surface area contributed by atoms with Crippen LogP contribution in [0.5, 0.6) is 11.5 Å². The minimum atomic E-state index is 0.156. The van der Waals surface area contributed by atoms with E-state index in [-0.39, 0.29) is 11.4 Å². The normalized spacial score (nSPS) is 9.08. The van der Waals surface area contributed by atoms with Gasteiger partial charge in [-0.1, -0.05) is 11.6 Å². The predicted molar refractivity (Wildman–Crippen MR) is 47.1 cm³/mol. The van der Waals surface area contributed by atoms with Gasteiger partial charge in [0.15, 0.2) is 17.2 Å². The van der Waals surface area contributed by atoms with Gasteiger partial charge < -0.3 is 9.47 Å². The van der Waals surface area contributed by atoms with E-state index in [4.69, 9.17) is 26.3 Å². The minimum Gasteiger partial charge on any atom is -0.491 e. The quantitative estimate of drug-likeness (QED) is 0.725. The maximum Gasteiger partial charge on any atom is 0.199 e. The summed E-state index contributed by atoms with van der Waals surface area (Å²) in [6.45, 7) is 0. The van der Waals surface area contributed by atoms with Crippen molar-refractivity contribution in [1.82, 2.24) is 4.98 Å². The van der Waals surface area contributed by atoms with Crippen molar-refractivity contribution in [2.45, 2.75) is 0 Å². The lowest BCUT2D eigenvalue weighted by Gasteiger charge is -2.08. The van der Waals surface area contributed by atoms with E-state index in [0.717, 1.165) is 0 Å². The molecule has 0 saturated carbocycles. The number of ether oxygens (including phenoxy) is 2. The van der Waals surface area contributed by atoms with Crippen molar-refractivity contribution in [3.05, 3.63) is 16.9 Å². The zero-order valence-corrected chi connectivity index (χ0v) is 7.92. The average molecular weight is 199 g/mol. The second kappa shape index (κ2) is 3.97. The van der Waals surface area contributed by atoms with Crippen LogP contribution in [0.4, 0.5) is 0 Å². The van der Waals surface area contributed by atoms with Gasteiger partial charge in [-0.05, 0) is 0 Å². The van der Waals surface area contributed by atoms with Crippen molar-refractivity contribution < 1.29 is 9.47 Å². The first-order chi connectivity index (χ1) is 6.24. The van der Waals surface area contributed by atoms with E-state index in [1.807, 2.05) is 6.07 Å². The summed E-state index contributed by atoms with van der Waals surface area (Å²) in [4.78, 5) is 3.78. The van der Waals surface area contributed by atoms with E-state index in [0.29, 0.717) is 10.8 Å². The van der Waals surface area contributed by atoms with Gasteiger partial charge >= 0.3 is 0 Å². The molecule has 0 atom stereocenters. The van der Waals surface area contributed by atoms with Crippen LogP contribution < -0.4 is 9.47 Å². The molecule has 0 N–H and O–H groups in total. The summed E-state index contributed by atoms with van der Waals surface area (Å²) in [5.74, 6) is 0.591. The molecule has 0 aliphatic carbocycles. The fraction of sp³-hybridized carbons (Fsp3) is 0.250. The summed E-state index contributed by atoms with van der Waals surface area (Å²) in [6.07, 6.45) is 1.35. The van der Waals surface area contributed by atoms with E-state index < -0.39 is 0 Å². The van der Waals surface area contributed by atoms with Gasteiger partial charge in [0.2, 0.25) is 0 Å². The summed E-state index contributed by atoms with van der Waals surface area (Å²) in [5, 5.41) is 8.99. The molecule has 5 heteroatoms. The maximum atomic E-state index is 8.67. The summed E-state index contributed by atoms with van der Waals surface area (Å²) < 4.78 is 9.91. The van der Waals surface area contributed by atoms with E-state index in [1.165, 1.54) is 20.4 Å². The van der Waals surface area contributed by atoms with Gasteiger partial charge in [0.1, 0.15) is 11.1 Å². The zero-order valence-electron chi connectivity index (χ0n) is 7.17. The van der Waals surface area contributed by atoms with Crippen molar-refractivity contribution >= 4 is 11.6 Å². The number of nitrogens with zero attached hydrogens (tertiary/aromatic N) is 2. The van der Waals surface area contributed by atoms with E-state index in [2.05, 4.69) is 4.98 Å². The van der Waals surface area contributed by atoms with Gasteiger partial charge in [0, 0.05) is 0 Å². The van der Waals surface area contributed by atoms with E-state index >= 15 is 0 Å². The molecule has 0 aliphatic heterocycles. The Hall–Kier alpha value is -1.47. The highest BCUT2D eigenvalue weighted by Gasteiger charge is 2.14. The fourth-order valence-corrected chi connectivity index (χ4v) is 1.13. The Morgan fingerprint density at radius 2 is 2.00 bits per heavy atom. The molecule has 0 saturated heterocycles. The number of hydrogen-bond acceptors (Lipinski definition) is 4. The Balaban J connectivity index is 3.38. The molecule has 68 valence electrons. The minimum absolute atomic E-state index is 0.156. The monoisotopic (exact) mass is 198 g/mol. The molecule has 4 nitrogen and oxygen atoms in total. The molecule has 0 aromatic carbocycles. The van der Waals surface area contributed by atoms with Gasteiger partial charge in [0.05, 0.1) is 20.4 Å². The molecule has 1 aromatic heterocycles. The number of hydrogen-bond donors (Lipinski definition) is 0. The molecule has 0 unspecified atom stereocenters. The smallest absolute Gasteiger partial charge is 0.199 e. The first-order valence-corrected chi connectivity index (χ1v) is 3.79. The van der Waals surface area contributed by atoms with Crippen LogP contribution >= 0.6 is 11.6 Å². The van der Waals surface area contributed by atoms with Crippen LogP contribution in [0.3, 0.4) is 0 Å². The SMILES string of the molecule is COc1c(Cl)cnc(C#N)c1OC. The fourth-order valence-electron chi connectivity index (χ4n) is 0.914. The lowest BCUT2D eigenvalue weighted by molar-refractivity contribution is 0.352. The Morgan fingerprint density at radius 1 is 1.38 bits per heavy atom. The highest BCUT2D eigenvalue weighted by molar-refractivity contribution is 6.32. The van der Waals surface area contributed by atoms with Gasteiger partial charge in [-0.25, -0.2) is 4.98 Å². The highest BCUT2D eigenvalue weighted by atomic mass is 35.5. The highest BCUT2D eigenvalue weighted by Crippen LogP contribution is 2.35. The van der Waals surface area contributed by atoms with Crippen molar-refractivity contribution in [3.8, 4) is 17.6 Å². The Morgan fingerprint density at radius 3 is 2.46 bits per heavy atom. The van der Waals surface area contributed by atoms with Gasteiger partial charge in [-0.3, -0.25) is 0 Å². The molecular formula is C8H7ClN2O2. The predicted octanol–water partition coefficient (Wildman–Crippen LogP) is 1.62. The second-order valence-electron chi connectivity index (χ2n) is 2.13. The van der Waals surface area contributed by atoms with E-state index in [9.17, 15) is 0 Å². The topological polar surface area (TPSA) is 55.1 Å². The van der Waals surface area contributed by atoms with Crippen molar-refractivity contribution in [1.29, 1.82) is 5.26 Å². The summed E-state index contributed by atoms with van der Waals surface area (Å²) in [6, 6.07) is 1.87. The summed E-state index contributed by atoms with van der Waals surface area (Å²) in [7, 11) is 2.88. The van der Waals surface area contributed by atoms with E-state index in [1.54, 1.807) is 0 Å². The Labute approximate surface area is 80.7 Å². The third-order valence-corrected chi connectivity index (χ3v) is 1.73. The van der Waals surface area contributed by atoms with Gasteiger partial charge in [-0.15, -0.1) is 0 Å². The number of rotatable bonds is 2.